The largest absolute Gasteiger partial charge is 0.371 e. The van der Waals surface area contributed by atoms with Gasteiger partial charge in [-0.1, -0.05) is 52.7 Å². The number of hydrogen-bond donors (Lipinski definition) is 0. The molecule has 1 aromatic heterocycles. The van der Waals surface area contributed by atoms with Crippen LogP contribution in [0.4, 0.5) is 5.69 Å². The first-order valence-electron chi connectivity index (χ1n) is 11.7. The van der Waals surface area contributed by atoms with Crippen LogP contribution in [0.3, 0.4) is 0 Å². The summed E-state index contributed by atoms with van der Waals surface area (Å²) in [6.07, 6.45) is 1.90. The third kappa shape index (κ3) is 5.44. The van der Waals surface area contributed by atoms with Crippen LogP contribution in [-0.2, 0) is 11.3 Å². The molecular weight excluding hydrogens is 412 g/mol. The van der Waals surface area contributed by atoms with Crippen LogP contribution in [0.1, 0.15) is 50.6 Å². The van der Waals surface area contributed by atoms with Gasteiger partial charge in [0.15, 0.2) is 0 Å². The number of rotatable bonds is 5. The monoisotopic (exact) mass is 446 g/mol. The maximum absolute atomic E-state index is 13.7. The average Bonchev–Trinajstić information content (AvgIpc) is 3.26. The summed E-state index contributed by atoms with van der Waals surface area (Å²) in [5.41, 5.74) is 4.15. The van der Waals surface area contributed by atoms with E-state index in [1.807, 2.05) is 36.1 Å². The molecule has 1 aliphatic heterocycles. The van der Waals surface area contributed by atoms with Gasteiger partial charge in [-0.15, -0.1) is 0 Å². The van der Waals surface area contributed by atoms with Crippen LogP contribution in [0.15, 0.2) is 53.1 Å². The van der Waals surface area contributed by atoms with E-state index in [0.717, 1.165) is 31.5 Å². The number of benzene rings is 2. The van der Waals surface area contributed by atoms with Crippen molar-refractivity contribution in [3.05, 3.63) is 65.5 Å². The smallest absolute Gasteiger partial charge is 0.246 e. The Hall–Kier alpha value is -3.15. The molecule has 0 bridgehead atoms. The summed E-state index contributed by atoms with van der Waals surface area (Å²) < 4.78 is 5.55. The number of carbonyl (C=O) groups is 1. The number of nitrogens with zero attached hydrogens (tertiary/aromatic N) is 4. The van der Waals surface area contributed by atoms with E-state index < -0.39 is 0 Å². The molecule has 1 amide bonds. The molecule has 0 radical (unpaired) electrons. The van der Waals surface area contributed by atoms with E-state index in [1.165, 1.54) is 16.8 Å². The van der Waals surface area contributed by atoms with E-state index in [2.05, 4.69) is 67.0 Å². The predicted molar refractivity (Wildman–Crippen MR) is 131 cm³/mol. The fourth-order valence-electron chi connectivity index (χ4n) is 4.31. The van der Waals surface area contributed by atoms with Crippen molar-refractivity contribution in [1.29, 1.82) is 0 Å². The van der Waals surface area contributed by atoms with Crippen molar-refractivity contribution in [1.82, 2.24) is 15.0 Å². The predicted octanol–water partition coefficient (Wildman–Crippen LogP) is 5.40. The van der Waals surface area contributed by atoms with Gasteiger partial charge in [0.2, 0.25) is 17.6 Å². The maximum Gasteiger partial charge on any atom is 0.246 e. The number of amides is 1. The molecule has 174 valence electrons. The summed E-state index contributed by atoms with van der Waals surface area (Å²) in [7, 11) is 0. The van der Waals surface area contributed by atoms with Crippen LogP contribution >= 0.6 is 0 Å². The third-order valence-corrected chi connectivity index (χ3v) is 6.32. The highest BCUT2D eigenvalue weighted by molar-refractivity contribution is 5.80. The molecule has 0 aliphatic carbocycles. The Morgan fingerprint density at radius 3 is 2.33 bits per heavy atom. The molecule has 1 atom stereocenters. The van der Waals surface area contributed by atoms with Gasteiger partial charge >= 0.3 is 0 Å². The molecule has 6 heteroatoms. The van der Waals surface area contributed by atoms with Crippen LogP contribution in [0.2, 0.25) is 0 Å². The molecule has 3 aromatic rings. The van der Waals surface area contributed by atoms with Gasteiger partial charge in [0.05, 0.1) is 5.92 Å². The Kier molecular flexibility index (Phi) is 6.54. The SMILES string of the molecule is Cc1ccc(-c2noc(CN(C(=O)C3CCCN(c4ccc(C)cc4)C3)C(C)(C)C)n2)cc1. The molecule has 4 rings (SSSR count). The molecular formula is C27H34N4O2. The van der Waals surface area contributed by atoms with Crippen molar-refractivity contribution >= 4 is 11.6 Å². The summed E-state index contributed by atoms with van der Waals surface area (Å²) >= 11 is 0. The molecule has 2 heterocycles. The maximum atomic E-state index is 13.7. The first kappa shape index (κ1) is 23.0. The molecule has 1 unspecified atom stereocenters. The van der Waals surface area contributed by atoms with Gasteiger partial charge in [-0.3, -0.25) is 4.79 Å². The zero-order valence-electron chi connectivity index (χ0n) is 20.3. The normalized spacial score (nSPS) is 16.6. The van der Waals surface area contributed by atoms with Crippen molar-refractivity contribution in [2.75, 3.05) is 18.0 Å². The minimum absolute atomic E-state index is 0.0567. The molecule has 0 N–H and O–H groups in total. The van der Waals surface area contributed by atoms with E-state index in [4.69, 9.17) is 4.52 Å². The van der Waals surface area contributed by atoms with Crippen molar-refractivity contribution in [2.45, 2.75) is 59.5 Å². The first-order valence-corrected chi connectivity index (χ1v) is 11.7. The quantitative estimate of drug-likeness (QED) is 0.525. The molecule has 0 saturated carbocycles. The number of piperidine rings is 1. The second-order valence-electron chi connectivity index (χ2n) is 10.1. The van der Waals surface area contributed by atoms with Crippen molar-refractivity contribution in [3.63, 3.8) is 0 Å². The van der Waals surface area contributed by atoms with Gasteiger partial charge in [-0.05, 0) is 59.6 Å². The van der Waals surface area contributed by atoms with Gasteiger partial charge < -0.3 is 14.3 Å². The Labute approximate surface area is 196 Å². The van der Waals surface area contributed by atoms with Gasteiger partial charge in [0, 0.05) is 29.9 Å². The Balaban J connectivity index is 1.50. The summed E-state index contributed by atoms with van der Waals surface area (Å²) in [5, 5.41) is 4.15. The highest BCUT2D eigenvalue weighted by Crippen LogP contribution is 2.28. The van der Waals surface area contributed by atoms with Gasteiger partial charge in [-0.2, -0.15) is 4.98 Å². The first-order chi connectivity index (χ1) is 15.7. The summed E-state index contributed by atoms with van der Waals surface area (Å²) in [4.78, 5) is 22.5. The Morgan fingerprint density at radius 1 is 1.06 bits per heavy atom. The van der Waals surface area contributed by atoms with Crippen LogP contribution in [0.5, 0.6) is 0 Å². The van der Waals surface area contributed by atoms with E-state index in [-0.39, 0.29) is 17.4 Å². The zero-order chi connectivity index (χ0) is 23.6. The number of carbonyl (C=O) groups excluding carboxylic acids is 1. The lowest BCUT2D eigenvalue weighted by molar-refractivity contribution is -0.142. The molecule has 1 fully saturated rings. The third-order valence-electron chi connectivity index (χ3n) is 6.32. The minimum atomic E-state index is -0.359. The van der Waals surface area contributed by atoms with Crippen LogP contribution in [0, 0.1) is 19.8 Å². The lowest BCUT2D eigenvalue weighted by Gasteiger charge is -2.40. The van der Waals surface area contributed by atoms with Crippen molar-refractivity contribution in [3.8, 4) is 11.4 Å². The highest BCUT2D eigenvalue weighted by Gasteiger charge is 2.35. The lowest BCUT2D eigenvalue weighted by Crippen LogP contribution is -2.51. The Bertz CT molecular complexity index is 1080. The number of aryl methyl sites for hydroxylation is 2. The fourth-order valence-corrected chi connectivity index (χ4v) is 4.31. The summed E-state index contributed by atoms with van der Waals surface area (Å²) in [5.74, 6) is 1.10. The summed E-state index contributed by atoms with van der Waals surface area (Å²) in [6.45, 7) is 12.3. The van der Waals surface area contributed by atoms with Gasteiger partial charge in [0.1, 0.15) is 6.54 Å². The lowest BCUT2D eigenvalue weighted by atomic mass is 9.93. The molecule has 0 spiro atoms. The number of aromatic nitrogens is 2. The number of hydrogen-bond acceptors (Lipinski definition) is 5. The molecule has 6 nitrogen and oxygen atoms in total. The van der Waals surface area contributed by atoms with Crippen LogP contribution < -0.4 is 4.90 Å². The standard InChI is InChI=1S/C27H34N4O2/c1-19-8-12-21(13-9-19)25-28-24(33-29-25)18-31(27(3,4)5)26(32)22-7-6-16-30(17-22)23-14-10-20(2)11-15-23/h8-15,22H,6-7,16-18H2,1-5H3. The van der Waals surface area contributed by atoms with Crippen LogP contribution in [-0.4, -0.2) is 39.6 Å². The van der Waals surface area contributed by atoms with E-state index >= 15 is 0 Å². The second kappa shape index (κ2) is 9.38. The second-order valence-corrected chi connectivity index (χ2v) is 10.1. The fraction of sp³-hybridized carbons (Fsp3) is 0.444. The average molecular weight is 447 g/mol. The molecule has 2 aromatic carbocycles. The highest BCUT2D eigenvalue weighted by atomic mass is 16.5. The zero-order valence-corrected chi connectivity index (χ0v) is 20.3. The van der Waals surface area contributed by atoms with E-state index in [0.29, 0.717) is 18.3 Å². The summed E-state index contributed by atoms with van der Waals surface area (Å²) in [6, 6.07) is 16.6. The van der Waals surface area contributed by atoms with Crippen LogP contribution in [0.25, 0.3) is 11.4 Å². The van der Waals surface area contributed by atoms with Gasteiger partial charge in [0.25, 0.3) is 0 Å². The van der Waals surface area contributed by atoms with Crippen molar-refractivity contribution in [2.24, 2.45) is 5.92 Å². The minimum Gasteiger partial charge on any atom is -0.371 e. The molecule has 1 saturated heterocycles. The van der Waals surface area contributed by atoms with E-state index in [1.54, 1.807) is 0 Å². The molecule has 33 heavy (non-hydrogen) atoms. The van der Waals surface area contributed by atoms with E-state index in [9.17, 15) is 4.79 Å². The molecule has 1 aliphatic rings. The van der Waals surface area contributed by atoms with Crippen molar-refractivity contribution < 1.29 is 9.32 Å². The number of anilines is 1. The van der Waals surface area contributed by atoms with Gasteiger partial charge in [-0.25, -0.2) is 0 Å². The Morgan fingerprint density at radius 2 is 1.70 bits per heavy atom. The topological polar surface area (TPSA) is 62.5 Å².